The fourth-order valence-corrected chi connectivity index (χ4v) is 3.66. The van der Waals surface area contributed by atoms with E-state index in [4.69, 9.17) is 0 Å². The summed E-state index contributed by atoms with van der Waals surface area (Å²) >= 11 is 0. The molecule has 0 aromatic heterocycles. The summed E-state index contributed by atoms with van der Waals surface area (Å²) in [7, 11) is -5.75. The van der Waals surface area contributed by atoms with Gasteiger partial charge in [0.1, 0.15) is 5.82 Å². The third kappa shape index (κ3) is 5.67. The fraction of sp³-hybridized carbons (Fsp3) is 0.235. The van der Waals surface area contributed by atoms with Crippen LogP contribution in [0.3, 0.4) is 0 Å². The first-order chi connectivity index (χ1) is 12.9. The molecule has 2 N–H and O–H groups in total. The minimum Gasteiger partial charge on any atom is -0.375 e. The molecule has 0 fully saturated rings. The SMILES string of the molecule is CN(c1cccc(NC(=O)CNc2ccc(F)cc2S(C)(=O)=O)c1)S(C)(=O)=O. The molecule has 0 aliphatic rings. The van der Waals surface area contributed by atoms with Gasteiger partial charge < -0.3 is 10.6 Å². The predicted molar refractivity (Wildman–Crippen MR) is 106 cm³/mol. The van der Waals surface area contributed by atoms with Gasteiger partial charge in [0.2, 0.25) is 15.9 Å². The average Bonchev–Trinajstić information content (AvgIpc) is 2.58. The van der Waals surface area contributed by atoms with Crippen molar-refractivity contribution in [3.8, 4) is 0 Å². The summed E-state index contributed by atoms with van der Waals surface area (Å²) in [4.78, 5) is 11.9. The summed E-state index contributed by atoms with van der Waals surface area (Å²) in [6.45, 7) is -0.277. The quantitative estimate of drug-likeness (QED) is 0.692. The molecule has 0 atom stereocenters. The number of benzene rings is 2. The summed E-state index contributed by atoms with van der Waals surface area (Å²) < 4.78 is 61.2. The largest absolute Gasteiger partial charge is 0.375 e. The van der Waals surface area contributed by atoms with Gasteiger partial charge >= 0.3 is 0 Å². The predicted octanol–water partition coefficient (Wildman–Crippen LogP) is 1.68. The van der Waals surface area contributed by atoms with Crippen LogP contribution in [0.15, 0.2) is 47.4 Å². The van der Waals surface area contributed by atoms with E-state index in [1.165, 1.54) is 19.2 Å². The molecule has 2 aromatic carbocycles. The molecule has 1 amide bonds. The lowest BCUT2D eigenvalue weighted by Gasteiger charge is -2.17. The Kier molecular flexibility index (Phi) is 6.30. The third-order valence-corrected chi connectivity index (χ3v) is 6.12. The number of carbonyl (C=O) groups excluding carboxylic acids is 1. The van der Waals surface area contributed by atoms with Gasteiger partial charge in [0.05, 0.1) is 29.1 Å². The van der Waals surface area contributed by atoms with Crippen molar-refractivity contribution in [3.63, 3.8) is 0 Å². The Hall–Kier alpha value is -2.66. The van der Waals surface area contributed by atoms with Crippen molar-refractivity contribution in [1.82, 2.24) is 0 Å². The number of amides is 1. The molecule has 0 bridgehead atoms. The molecule has 28 heavy (non-hydrogen) atoms. The van der Waals surface area contributed by atoms with Crippen LogP contribution in [0.4, 0.5) is 21.5 Å². The van der Waals surface area contributed by atoms with Gasteiger partial charge in [-0.25, -0.2) is 21.2 Å². The Bertz CT molecular complexity index is 1100. The van der Waals surface area contributed by atoms with Crippen molar-refractivity contribution < 1.29 is 26.0 Å². The van der Waals surface area contributed by atoms with Crippen molar-refractivity contribution in [2.24, 2.45) is 0 Å². The van der Waals surface area contributed by atoms with Gasteiger partial charge in [-0.3, -0.25) is 9.10 Å². The monoisotopic (exact) mass is 429 g/mol. The van der Waals surface area contributed by atoms with Crippen molar-refractivity contribution >= 4 is 42.8 Å². The zero-order chi connectivity index (χ0) is 21.1. The highest BCUT2D eigenvalue weighted by Crippen LogP contribution is 2.23. The van der Waals surface area contributed by atoms with Crippen LogP contribution in [0.1, 0.15) is 0 Å². The van der Waals surface area contributed by atoms with Crippen molar-refractivity contribution in [2.45, 2.75) is 4.90 Å². The summed E-state index contributed by atoms with van der Waals surface area (Å²) in [6.07, 6.45) is 2.00. The molecular formula is C17H20FN3O5S2. The van der Waals surface area contributed by atoms with E-state index in [-0.39, 0.29) is 17.1 Å². The molecule has 0 heterocycles. The number of nitrogens with zero attached hydrogens (tertiary/aromatic N) is 1. The van der Waals surface area contributed by atoms with Crippen LogP contribution >= 0.6 is 0 Å². The van der Waals surface area contributed by atoms with E-state index in [0.29, 0.717) is 11.4 Å². The van der Waals surface area contributed by atoms with Gasteiger partial charge in [-0.15, -0.1) is 0 Å². The van der Waals surface area contributed by atoms with Gasteiger partial charge in [-0.05, 0) is 36.4 Å². The Labute approximate surface area is 163 Å². The highest BCUT2D eigenvalue weighted by Gasteiger charge is 2.16. The molecule has 11 heteroatoms. The highest BCUT2D eigenvalue weighted by atomic mass is 32.2. The smallest absolute Gasteiger partial charge is 0.243 e. The number of hydrogen-bond donors (Lipinski definition) is 2. The lowest BCUT2D eigenvalue weighted by molar-refractivity contribution is -0.114. The standard InChI is InChI=1S/C17H20FN3O5S2/c1-21(28(3,25)26)14-6-4-5-13(10-14)20-17(22)11-19-15-8-7-12(18)9-16(15)27(2,23)24/h4-10,19H,11H2,1-3H3,(H,20,22). The van der Waals surface area contributed by atoms with Gasteiger partial charge in [-0.1, -0.05) is 6.07 Å². The lowest BCUT2D eigenvalue weighted by atomic mass is 10.2. The van der Waals surface area contributed by atoms with E-state index in [9.17, 15) is 26.0 Å². The highest BCUT2D eigenvalue weighted by molar-refractivity contribution is 7.92. The molecule has 152 valence electrons. The Morgan fingerprint density at radius 2 is 1.75 bits per heavy atom. The van der Waals surface area contributed by atoms with Gasteiger partial charge in [0.25, 0.3) is 0 Å². The van der Waals surface area contributed by atoms with Crippen LogP contribution in [0.5, 0.6) is 0 Å². The average molecular weight is 429 g/mol. The molecule has 0 aliphatic heterocycles. The van der Waals surface area contributed by atoms with E-state index < -0.39 is 31.6 Å². The summed E-state index contributed by atoms with van der Waals surface area (Å²) in [5, 5.41) is 5.25. The molecule has 0 saturated heterocycles. The van der Waals surface area contributed by atoms with E-state index >= 15 is 0 Å². The molecule has 2 rings (SSSR count). The molecule has 0 saturated carbocycles. The van der Waals surface area contributed by atoms with E-state index in [0.717, 1.165) is 28.9 Å². The maximum Gasteiger partial charge on any atom is 0.243 e. The first-order valence-electron chi connectivity index (χ1n) is 7.95. The summed E-state index contributed by atoms with van der Waals surface area (Å²) in [6, 6.07) is 9.42. The first-order valence-corrected chi connectivity index (χ1v) is 11.7. The van der Waals surface area contributed by atoms with Crippen LogP contribution in [0.25, 0.3) is 0 Å². The Morgan fingerprint density at radius 3 is 2.36 bits per heavy atom. The van der Waals surface area contributed by atoms with Crippen molar-refractivity contribution in [3.05, 3.63) is 48.3 Å². The minimum atomic E-state index is -3.69. The number of nitrogens with one attached hydrogen (secondary N) is 2. The third-order valence-electron chi connectivity index (χ3n) is 3.77. The molecule has 8 nitrogen and oxygen atoms in total. The second-order valence-electron chi connectivity index (χ2n) is 6.10. The molecule has 0 spiro atoms. The minimum absolute atomic E-state index is 0.101. The van der Waals surface area contributed by atoms with Gasteiger partial charge in [0, 0.05) is 19.0 Å². The van der Waals surface area contributed by atoms with E-state index in [1.807, 2.05) is 0 Å². The fourth-order valence-electron chi connectivity index (χ4n) is 2.30. The second kappa shape index (κ2) is 8.15. The lowest BCUT2D eigenvalue weighted by Crippen LogP contribution is -2.25. The van der Waals surface area contributed by atoms with E-state index in [2.05, 4.69) is 10.6 Å². The topological polar surface area (TPSA) is 113 Å². The molecule has 0 unspecified atom stereocenters. The summed E-state index contributed by atoms with van der Waals surface area (Å²) in [5.74, 6) is -1.20. The van der Waals surface area contributed by atoms with Crippen LogP contribution in [0.2, 0.25) is 0 Å². The number of anilines is 3. The number of sulfone groups is 1. The number of sulfonamides is 1. The maximum atomic E-state index is 13.3. The first kappa shape index (κ1) is 21.6. The van der Waals surface area contributed by atoms with Crippen LogP contribution in [0, 0.1) is 5.82 Å². The zero-order valence-electron chi connectivity index (χ0n) is 15.4. The van der Waals surface area contributed by atoms with Gasteiger partial charge in [0.15, 0.2) is 9.84 Å². The zero-order valence-corrected chi connectivity index (χ0v) is 17.1. The van der Waals surface area contributed by atoms with Crippen LogP contribution < -0.4 is 14.9 Å². The molecule has 2 aromatic rings. The molecule has 0 radical (unpaired) electrons. The Balaban J connectivity index is 2.11. The van der Waals surface area contributed by atoms with Crippen LogP contribution in [-0.4, -0.2) is 48.8 Å². The van der Waals surface area contributed by atoms with E-state index in [1.54, 1.807) is 18.2 Å². The molecule has 0 aliphatic carbocycles. The maximum absolute atomic E-state index is 13.3. The van der Waals surface area contributed by atoms with Crippen molar-refractivity contribution in [2.75, 3.05) is 41.0 Å². The Morgan fingerprint density at radius 1 is 1.07 bits per heavy atom. The van der Waals surface area contributed by atoms with Gasteiger partial charge in [-0.2, -0.15) is 0 Å². The van der Waals surface area contributed by atoms with Crippen LogP contribution in [-0.2, 0) is 24.7 Å². The normalized spacial score (nSPS) is 11.7. The number of hydrogen-bond acceptors (Lipinski definition) is 6. The molecular weight excluding hydrogens is 409 g/mol. The number of rotatable bonds is 7. The van der Waals surface area contributed by atoms with Crippen molar-refractivity contribution in [1.29, 1.82) is 0 Å². The number of halogens is 1. The summed E-state index contributed by atoms with van der Waals surface area (Å²) in [5.41, 5.74) is 0.831. The second-order valence-corrected chi connectivity index (χ2v) is 10.1. The number of carbonyl (C=O) groups is 1.